The van der Waals surface area contributed by atoms with Crippen LogP contribution < -0.4 is 75.3 Å². The predicted octanol–water partition coefficient (Wildman–Crippen LogP) is -7.62. The molecule has 0 spiro atoms. The number of aliphatic carboxylic acids is 1. The number of allylic oxidation sites excluding steroid dienone is 1. The van der Waals surface area contributed by atoms with Gasteiger partial charge in [0, 0.05) is 56.2 Å². The van der Waals surface area contributed by atoms with Gasteiger partial charge in [-0.1, -0.05) is 15.9 Å². The third-order valence-electron chi connectivity index (χ3n) is 12.2. The number of hydrogen-bond acceptors (Lipinski definition) is 27. The van der Waals surface area contributed by atoms with Crippen molar-refractivity contribution in [3.05, 3.63) is 38.8 Å². The number of ketones is 1. The molecular formula is C45H51N8Na2O20S4-. The summed E-state index contributed by atoms with van der Waals surface area (Å²) in [6.07, 6.45) is 2.11. The first kappa shape index (κ1) is 66.6. The fraction of sp³-hybridized carbons (Fsp3) is 0.556. The van der Waals surface area contributed by atoms with E-state index < -0.39 is 133 Å². The quantitative estimate of drug-likeness (QED) is 0.0152. The van der Waals surface area contributed by atoms with Crippen molar-refractivity contribution in [1.82, 2.24) is 25.1 Å². The molecule has 79 heavy (non-hydrogen) atoms. The van der Waals surface area contributed by atoms with E-state index in [0.29, 0.717) is 9.91 Å². The van der Waals surface area contributed by atoms with Crippen LogP contribution in [0, 0.1) is 24.7 Å². The van der Waals surface area contributed by atoms with E-state index in [9.17, 15) is 61.5 Å². The van der Waals surface area contributed by atoms with Crippen LogP contribution in [0.5, 0.6) is 0 Å². The maximum absolute atomic E-state index is 13.5. The molecular weight excluding hydrogens is 1150 g/mol. The molecule has 418 valence electrons. The van der Waals surface area contributed by atoms with Gasteiger partial charge in [0.1, 0.15) is 53.0 Å². The SMILES string of the molecule is CC(C)=CCOC(=O)[C@]12OC(=O)C[C@H]1C[S@](=O)[C@@H]1[C@H](CC(=O)/C(=N\OCCC(=O)OC(C)(C)C)c3csc(C)n3)C(=O)N12.Nc1nc(/C(=N/OCC[C-]=O)C(=O)N[C@@H]2C(=O)N3[C@@H]2[S@@](=O)C[C@@H]2CC(=O)O[C@@]23C(=O)[O-])cs1.[Na+].[Na+].[OH-]. The Morgan fingerprint density at radius 2 is 1.47 bits per heavy atom. The van der Waals surface area contributed by atoms with Crippen molar-refractivity contribution < 1.29 is 155 Å². The minimum absolute atomic E-state index is 0. The van der Waals surface area contributed by atoms with Crippen molar-refractivity contribution in [3.8, 4) is 0 Å². The average molecular weight is 1200 g/mol. The van der Waals surface area contributed by atoms with E-state index in [1.807, 2.05) is 13.8 Å². The number of carbonyl (C=O) groups is 9. The third kappa shape index (κ3) is 13.9. The molecule has 8 rings (SSSR count). The van der Waals surface area contributed by atoms with E-state index in [4.69, 9.17) is 34.4 Å². The number of oxime groups is 2. The van der Waals surface area contributed by atoms with Gasteiger partial charge in [0.25, 0.3) is 17.5 Å². The number of thiazole rings is 2. The average Bonchev–Trinajstić information content (AvgIpc) is 4.21. The number of ether oxygens (including phenoxy) is 4. The number of nitrogens with one attached hydrogen (secondary N) is 1. The molecule has 0 unspecified atom stereocenters. The van der Waals surface area contributed by atoms with Gasteiger partial charge < -0.3 is 59.8 Å². The van der Waals surface area contributed by atoms with Crippen molar-refractivity contribution in [2.24, 2.45) is 28.1 Å². The minimum atomic E-state index is -2.37. The normalized spacial score (nSPS) is 27.2. The molecule has 2 aromatic heterocycles. The van der Waals surface area contributed by atoms with Gasteiger partial charge in [0.2, 0.25) is 11.6 Å². The monoisotopic (exact) mass is 1200 g/mol. The summed E-state index contributed by atoms with van der Waals surface area (Å²) in [6, 6.07) is -1.39. The van der Waals surface area contributed by atoms with Crippen LogP contribution in [-0.4, -0.2) is 170 Å². The Bertz CT molecular complexity index is 2910. The molecule has 0 aliphatic carbocycles. The molecule has 6 aliphatic rings. The summed E-state index contributed by atoms with van der Waals surface area (Å²) in [4.78, 5) is 145. The number of nitrogens with zero attached hydrogens (tertiary/aromatic N) is 6. The summed E-state index contributed by atoms with van der Waals surface area (Å²) in [5.41, 5.74) is 1.12. The third-order valence-corrected chi connectivity index (χ3v) is 17.2. The number of amides is 3. The molecule has 0 radical (unpaired) electrons. The summed E-state index contributed by atoms with van der Waals surface area (Å²) in [5, 5.41) is 23.3. The largest absolute Gasteiger partial charge is 1.00 e. The molecule has 3 amide bonds. The van der Waals surface area contributed by atoms with E-state index in [1.54, 1.807) is 45.4 Å². The molecule has 6 saturated heterocycles. The molecule has 2 aromatic rings. The Kier molecular flexibility index (Phi) is 23.0. The number of nitrogens with two attached hydrogens (primary N) is 1. The Labute approximate surface area is 507 Å². The van der Waals surface area contributed by atoms with Crippen LogP contribution in [0.2, 0.25) is 0 Å². The van der Waals surface area contributed by atoms with E-state index in [-0.39, 0.29) is 150 Å². The second-order valence-corrected chi connectivity index (χ2v) is 24.0. The number of carbonyl (C=O) groups excluding carboxylic acids is 10. The van der Waals surface area contributed by atoms with Gasteiger partial charge in [-0.25, -0.2) is 14.8 Å². The van der Waals surface area contributed by atoms with Gasteiger partial charge in [-0.05, 0) is 47.6 Å². The van der Waals surface area contributed by atoms with Gasteiger partial charge in [0.05, 0.1) is 42.7 Å². The van der Waals surface area contributed by atoms with Crippen LogP contribution >= 0.6 is 22.7 Å². The molecule has 0 aromatic carbocycles. The fourth-order valence-electron chi connectivity index (χ4n) is 8.94. The van der Waals surface area contributed by atoms with Gasteiger partial charge in [-0.2, -0.15) is 0 Å². The molecule has 28 nitrogen and oxygen atoms in total. The Hall–Kier alpha value is -4.90. The van der Waals surface area contributed by atoms with Crippen molar-refractivity contribution in [3.63, 3.8) is 0 Å². The number of aromatic nitrogens is 2. The maximum atomic E-state index is 13.5. The zero-order valence-corrected chi connectivity index (χ0v) is 51.1. The first-order chi connectivity index (χ1) is 35.8. The van der Waals surface area contributed by atoms with Crippen molar-refractivity contribution in [1.29, 1.82) is 0 Å². The number of aryl methyl sites for hydroxylation is 1. The number of nitrogen functional groups attached to an aromatic ring is 1. The van der Waals surface area contributed by atoms with Crippen LogP contribution in [-0.2, 0) is 98.2 Å². The Morgan fingerprint density at radius 1 is 0.899 bits per heavy atom. The van der Waals surface area contributed by atoms with E-state index in [1.165, 1.54) is 16.7 Å². The molecule has 6 aliphatic heterocycles. The molecule has 34 heteroatoms. The number of hydrogen-bond donors (Lipinski definition) is 2. The first-order valence-corrected chi connectivity index (χ1v) is 27.7. The van der Waals surface area contributed by atoms with Crippen molar-refractivity contribution in [2.45, 2.75) is 107 Å². The minimum Gasteiger partial charge on any atom is -0.870 e. The fourth-order valence-corrected chi connectivity index (χ4v) is 14.0. The van der Waals surface area contributed by atoms with Gasteiger partial charge in [-0.3, -0.25) is 58.1 Å². The van der Waals surface area contributed by atoms with Crippen LogP contribution in [0.3, 0.4) is 0 Å². The molecule has 6 fully saturated rings. The van der Waals surface area contributed by atoms with Gasteiger partial charge in [-0.15, -0.1) is 29.1 Å². The predicted molar refractivity (Wildman–Crippen MR) is 263 cm³/mol. The Morgan fingerprint density at radius 3 is 2.04 bits per heavy atom. The Balaban J connectivity index is 0.000000338. The van der Waals surface area contributed by atoms with Gasteiger partial charge in [0.15, 0.2) is 22.3 Å². The zero-order valence-electron chi connectivity index (χ0n) is 43.9. The number of Topliss-reactive ketones (excluding diaryl/α,β-unsaturated/α-hetero) is 1. The standard InChI is InChI=1S/C28H35N3O10S2.C17H16N5O9S2.2Na.H2O/c1-15(2)7-9-38-26(36)28-17(11-22(34)41-28)14-43(37)25-18(24(35)31(25)28)12-20(32)23(19-13-42-16(3)29-19)30-39-10-8-21(33)40-27(4,5)6;18-16-19-8(5-32-16)10(21-30-3-1-2-23)12(25)20-11-13(26)22-14(11)33(29)6-7-4-9(24)31-17(7,22)15(27)28;;;/h7,13,17-18,25H,8-12,14H2,1-6H3;5,7,11,14H,1,3-4,6H2,(H2,18,19)(H,20,25)(H,27,28);;;1H2/q;-1;2*+1;/p-2/b30-23-;21-10-;;;/t17-,18+,25+,28+,43-;7-,11+,14+,17+,33-;;;/m00.../s1. The van der Waals surface area contributed by atoms with E-state index >= 15 is 0 Å². The molecule has 4 N–H and O–H groups in total. The second-order valence-electron chi connectivity index (χ2n) is 18.9. The number of anilines is 1. The summed E-state index contributed by atoms with van der Waals surface area (Å²) < 4.78 is 47.1. The number of esters is 4. The number of β-lactam (4-membered cyclic amide) rings is 2. The number of carboxylic acids is 1. The van der Waals surface area contributed by atoms with Crippen molar-refractivity contribution in [2.75, 3.05) is 37.1 Å². The summed E-state index contributed by atoms with van der Waals surface area (Å²) in [6.45, 7) is 10.2. The molecule has 10 atom stereocenters. The first-order valence-electron chi connectivity index (χ1n) is 23.2. The second kappa shape index (κ2) is 27.2. The molecule has 0 bridgehead atoms. The van der Waals surface area contributed by atoms with E-state index in [0.717, 1.165) is 21.8 Å². The molecule has 0 saturated carbocycles. The summed E-state index contributed by atoms with van der Waals surface area (Å²) in [7, 11) is -3.49. The zero-order chi connectivity index (χ0) is 55.6. The molecule has 8 heterocycles. The van der Waals surface area contributed by atoms with Crippen LogP contribution in [0.15, 0.2) is 32.7 Å². The van der Waals surface area contributed by atoms with Crippen LogP contribution in [0.25, 0.3) is 0 Å². The van der Waals surface area contributed by atoms with E-state index in [2.05, 4.69) is 25.6 Å². The smallest absolute Gasteiger partial charge is 0.870 e. The topological polar surface area (TPSA) is 408 Å². The number of fused-ring (bicyclic) bond motifs is 6. The summed E-state index contributed by atoms with van der Waals surface area (Å²) >= 11 is 2.29. The summed E-state index contributed by atoms with van der Waals surface area (Å²) in [5.74, 6) is -11.2. The van der Waals surface area contributed by atoms with Crippen molar-refractivity contribution >= 4 is 120 Å². The van der Waals surface area contributed by atoms with Crippen LogP contribution in [0.4, 0.5) is 5.13 Å². The number of rotatable bonds is 19. The maximum Gasteiger partial charge on any atom is 1.00 e. The van der Waals surface area contributed by atoms with Gasteiger partial charge >= 0.3 is 83.0 Å². The van der Waals surface area contributed by atoms with Crippen LogP contribution in [0.1, 0.15) is 83.1 Å². The number of carboxylic acid groups (broad SMARTS) is 1.